The van der Waals surface area contributed by atoms with Gasteiger partial charge in [-0.2, -0.15) is 0 Å². The molecule has 4 fully saturated rings. The first kappa shape index (κ1) is 22.0. The molecule has 1 unspecified atom stereocenters. The number of amides is 2. The van der Waals surface area contributed by atoms with Gasteiger partial charge in [-0.3, -0.25) is 14.5 Å². The van der Waals surface area contributed by atoms with Crippen molar-refractivity contribution in [1.29, 1.82) is 0 Å². The molecular formula is C23H39N3O4. The molecule has 7 nitrogen and oxygen atoms in total. The highest BCUT2D eigenvalue weighted by atomic mass is 16.5. The number of likely N-dealkylation sites (tertiary alicyclic amines) is 3. The lowest BCUT2D eigenvalue weighted by molar-refractivity contribution is -0.167. The molecule has 1 spiro atoms. The van der Waals surface area contributed by atoms with Gasteiger partial charge in [0.2, 0.25) is 11.8 Å². The monoisotopic (exact) mass is 421 g/mol. The van der Waals surface area contributed by atoms with Gasteiger partial charge in [0.25, 0.3) is 0 Å². The van der Waals surface area contributed by atoms with Crippen molar-refractivity contribution in [2.45, 2.75) is 75.9 Å². The first-order valence-corrected chi connectivity index (χ1v) is 12.2. The maximum atomic E-state index is 12.8. The summed E-state index contributed by atoms with van der Waals surface area (Å²) in [5.41, 5.74) is -0.182. The topological polar surface area (TPSA) is 62.3 Å². The Morgan fingerprint density at radius 1 is 0.833 bits per heavy atom. The summed E-state index contributed by atoms with van der Waals surface area (Å²) in [5.74, 6) is 0.397. The van der Waals surface area contributed by atoms with E-state index in [0.29, 0.717) is 13.2 Å². The van der Waals surface area contributed by atoms with Gasteiger partial charge in [0.1, 0.15) is 6.61 Å². The predicted molar refractivity (Wildman–Crippen MR) is 114 cm³/mol. The Labute approximate surface area is 181 Å². The largest absolute Gasteiger partial charge is 0.375 e. The van der Waals surface area contributed by atoms with Crippen molar-refractivity contribution >= 4 is 11.8 Å². The lowest BCUT2D eigenvalue weighted by Gasteiger charge is -2.46. The van der Waals surface area contributed by atoms with Crippen LogP contribution in [0.3, 0.4) is 0 Å². The summed E-state index contributed by atoms with van der Waals surface area (Å²) in [7, 11) is 0. The molecule has 4 aliphatic heterocycles. The summed E-state index contributed by atoms with van der Waals surface area (Å²) in [6.07, 6.45) is 10.8. The van der Waals surface area contributed by atoms with Gasteiger partial charge in [0, 0.05) is 39.2 Å². The van der Waals surface area contributed by atoms with E-state index in [0.717, 1.165) is 77.8 Å². The quantitative estimate of drug-likeness (QED) is 0.680. The number of hydrogen-bond donors (Lipinski definition) is 0. The highest BCUT2D eigenvalue weighted by Gasteiger charge is 2.41. The normalized spacial score (nSPS) is 27.9. The van der Waals surface area contributed by atoms with Crippen molar-refractivity contribution in [3.05, 3.63) is 0 Å². The first-order valence-electron chi connectivity index (χ1n) is 12.2. The molecule has 4 saturated heterocycles. The fourth-order valence-electron chi connectivity index (χ4n) is 5.47. The van der Waals surface area contributed by atoms with E-state index in [1.807, 2.05) is 9.80 Å². The van der Waals surface area contributed by atoms with Crippen LogP contribution in [0.15, 0.2) is 0 Å². The Morgan fingerprint density at radius 2 is 1.47 bits per heavy atom. The van der Waals surface area contributed by atoms with Crippen molar-refractivity contribution < 1.29 is 19.1 Å². The van der Waals surface area contributed by atoms with Crippen molar-refractivity contribution in [2.24, 2.45) is 0 Å². The van der Waals surface area contributed by atoms with Gasteiger partial charge >= 0.3 is 0 Å². The smallest absolute Gasteiger partial charge is 0.248 e. The van der Waals surface area contributed by atoms with E-state index >= 15 is 0 Å². The van der Waals surface area contributed by atoms with Crippen molar-refractivity contribution in [3.63, 3.8) is 0 Å². The zero-order valence-corrected chi connectivity index (χ0v) is 18.5. The fourth-order valence-corrected chi connectivity index (χ4v) is 5.47. The Balaban J connectivity index is 1.21. The van der Waals surface area contributed by atoms with E-state index in [4.69, 9.17) is 9.47 Å². The number of piperidine rings is 1. The van der Waals surface area contributed by atoms with E-state index in [1.54, 1.807) is 0 Å². The third kappa shape index (κ3) is 5.74. The molecule has 7 heteroatoms. The molecule has 2 amide bonds. The third-order valence-electron chi connectivity index (χ3n) is 7.43. The van der Waals surface area contributed by atoms with Gasteiger partial charge in [0.15, 0.2) is 0 Å². The first-order chi connectivity index (χ1) is 14.6. The Hall–Kier alpha value is -1.18. The van der Waals surface area contributed by atoms with Crippen molar-refractivity contribution in [3.8, 4) is 0 Å². The molecule has 0 aromatic carbocycles. The van der Waals surface area contributed by atoms with E-state index in [1.165, 1.54) is 25.7 Å². The molecule has 4 aliphatic rings. The number of carbonyl (C=O) groups is 2. The molecule has 0 aromatic heterocycles. The van der Waals surface area contributed by atoms with Crippen LogP contribution in [0, 0.1) is 0 Å². The predicted octanol–water partition coefficient (Wildman–Crippen LogP) is 2.04. The van der Waals surface area contributed by atoms with Crippen LogP contribution in [0.4, 0.5) is 0 Å². The van der Waals surface area contributed by atoms with Gasteiger partial charge in [-0.15, -0.1) is 0 Å². The molecule has 0 aromatic rings. The summed E-state index contributed by atoms with van der Waals surface area (Å²) in [4.78, 5) is 31.4. The molecule has 0 radical (unpaired) electrons. The molecule has 30 heavy (non-hydrogen) atoms. The fraction of sp³-hybridized carbons (Fsp3) is 0.913. The van der Waals surface area contributed by atoms with Crippen LogP contribution in [0.2, 0.25) is 0 Å². The lowest BCUT2D eigenvalue weighted by atomic mass is 9.83. The minimum absolute atomic E-state index is 0.0876. The van der Waals surface area contributed by atoms with Crippen LogP contribution in [0.1, 0.15) is 64.2 Å². The van der Waals surface area contributed by atoms with E-state index in [2.05, 4.69) is 4.90 Å². The highest BCUT2D eigenvalue weighted by Crippen LogP contribution is 2.36. The number of ether oxygens (including phenoxy) is 2. The molecular weight excluding hydrogens is 382 g/mol. The summed E-state index contributed by atoms with van der Waals surface area (Å²) in [5, 5.41) is 0. The Bertz CT molecular complexity index is 577. The van der Waals surface area contributed by atoms with Crippen LogP contribution in [-0.4, -0.2) is 97.2 Å². The molecule has 4 heterocycles. The van der Waals surface area contributed by atoms with Gasteiger partial charge in [-0.1, -0.05) is 12.8 Å². The molecule has 0 bridgehead atoms. The van der Waals surface area contributed by atoms with E-state index in [9.17, 15) is 9.59 Å². The number of rotatable bonds is 5. The molecule has 0 saturated carbocycles. The van der Waals surface area contributed by atoms with E-state index in [-0.39, 0.29) is 30.1 Å². The summed E-state index contributed by atoms with van der Waals surface area (Å²) >= 11 is 0. The highest BCUT2D eigenvalue weighted by molar-refractivity contribution is 5.78. The Morgan fingerprint density at radius 3 is 2.17 bits per heavy atom. The number of hydrogen-bond acceptors (Lipinski definition) is 5. The summed E-state index contributed by atoms with van der Waals surface area (Å²) in [6.45, 7) is 6.86. The standard InChI is InChI=1S/C23H39N3O4/c27-21(18-24-10-3-1-2-4-11-24)26-14-8-23(9-15-26)17-20(7-16-30-23)29-19-22(28)25-12-5-6-13-25/h20H,1-19H2. The zero-order chi connectivity index (χ0) is 20.8. The second-order valence-electron chi connectivity index (χ2n) is 9.62. The summed E-state index contributed by atoms with van der Waals surface area (Å²) < 4.78 is 12.2. The van der Waals surface area contributed by atoms with Crippen LogP contribution < -0.4 is 0 Å². The van der Waals surface area contributed by atoms with Crippen molar-refractivity contribution in [1.82, 2.24) is 14.7 Å². The maximum Gasteiger partial charge on any atom is 0.248 e. The average Bonchev–Trinajstić information content (AvgIpc) is 3.18. The lowest BCUT2D eigenvalue weighted by Crippen LogP contribution is -2.53. The summed E-state index contributed by atoms with van der Waals surface area (Å²) in [6, 6.07) is 0. The van der Waals surface area contributed by atoms with Gasteiger partial charge in [-0.25, -0.2) is 0 Å². The molecule has 0 N–H and O–H groups in total. The van der Waals surface area contributed by atoms with Gasteiger partial charge in [0.05, 0.1) is 18.2 Å². The third-order valence-corrected chi connectivity index (χ3v) is 7.43. The van der Waals surface area contributed by atoms with Crippen LogP contribution in [0.25, 0.3) is 0 Å². The molecule has 1 atom stereocenters. The number of nitrogens with zero attached hydrogens (tertiary/aromatic N) is 3. The number of carbonyl (C=O) groups excluding carboxylic acids is 2. The second kappa shape index (κ2) is 10.4. The van der Waals surface area contributed by atoms with Gasteiger partial charge < -0.3 is 19.3 Å². The zero-order valence-electron chi connectivity index (χ0n) is 18.5. The Kier molecular flexibility index (Phi) is 7.65. The maximum absolute atomic E-state index is 12.8. The van der Waals surface area contributed by atoms with Crippen LogP contribution in [-0.2, 0) is 19.1 Å². The van der Waals surface area contributed by atoms with E-state index < -0.39 is 0 Å². The minimum atomic E-state index is -0.182. The van der Waals surface area contributed by atoms with Crippen LogP contribution in [0.5, 0.6) is 0 Å². The average molecular weight is 422 g/mol. The molecule has 4 rings (SSSR count). The van der Waals surface area contributed by atoms with Gasteiger partial charge in [-0.05, 0) is 58.0 Å². The minimum Gasteiger partial charge on any atom is -0.375 e. The van der Waals surface area contributed by atoms with Crippen molar-refractivity contribution in [2.75, 3.05) is 59.0 Å². The SMILES string of the molecule is O=C(COC1CCOC2(CCN(C(=O)CN3CCCCCC3)CC2)C1)N1CCCC1. The molecule has 170 valence electrons. The second-order valence-corrected chi connectivity index (χ2v) is 9.62. The molecule has 0 aliphatic carbocycles. The van der Waals surface area contributed by atoms with Crippen LogP contribution >= 0.6 is 0 Å².